The van der Waals surface area contributed by atoms with Crippen LogP contribution in [-0.2, 0) is 14.3 Å². The third kappa shape index (κ3) is 43.2. The second-order valence-electron chi connectivity index (χ2n) is 16.6. The average Bonchev–Trinajstić information content (AvgIpc) is 3.25. The molecule has 0 aromatic rings. The third-order valence-electron chi connectivity index (χ3n) is 10.8. The van der Waals surface area contributed by atoms with Gasteiger partial charge in [0.15, 0.2) is 0 Å². The van der Waals surface area contributed by atoms with Crippen LogP contribution in [0.4, 0.5) is 0 Å². The number of hydrogen-bond acceptors (Lipinski definition) is 5. The van der Waals surface area contributed by atoms with Gasteiger partial charge in [-0.2, -0.15) is 0 Å². The van der Waals surface area contributed by atoms with Crippen LogP contribution in [0, 0.1) is 0 Å². The molecule has 3 N–H and O–H groups in total. The van der Waals surface area contributed by atoms with Crippen LogP contribution in [0.1, 0.15) is 213 Å². The van der Waals surface area contributed by atoms with Gasteiger partial charge in [0.2, 0.25) is 5.91 Å². The number of amides is 1. The Kier molecular flexibility index (Phi) is 45.3. The van der Waals surface area contributed by atoms with Gasteiger partial charge in [0.1, 0.15) is 6.10 Å². The van der Waals surface area contributed by atoms with E-state index in [1.807, 2.05) is 54.7 Å². The van der Waals surface area contributed by atoms with Gasteiger partial charge in [-0.05, 0) is 57.8 Å². The summed E-state index contributed by atoms with van der Waals surface area (Å²) in [4.78, 5) is 26.1. The molecule has 0 aromatic heterocycles. The monoisotopic (exact) mass is 848 g/mol. The topological polar surface area (TPSA) is 95.9 Å². The molecule has 6 nitrogen and oxygen atoms in total. The van der Waals surface area contributed by atoms with E-state index >= 15 is 0 Å². The van der Waals surface area contributed by atoms with Crippen molar-refractivity contribution >= 4 is 11.9 Å². The number of rotatable bonds is 43. The van der Waals surface area contributed by atoms with Crippen LogP contribution < -0.4 is 5.32 Å². The Labute approximate surface area is 376 Å². The zero-order chi connectivity index (χ0) is 44.5. The Morgan fingerprint density at radius 2 is 0.885 bits per heavy atom. The summed E-state index contributed by atoms with van der Waals surface area (Å²) in [5, 5.41) is 23.8. The lowest BCUT2D eigenvalue weighted by Gasteiger charge is -2.24. The molecule has 3 unspecified atom stereocenters. The minimum atomic E-state index is -0.811. The van der Waals surface area contributed by atoms with Crippen LogP contribution in [0.15, 0.2) is 97.2 Å². The van der Waals surface area contributed by atoms with E-state index in [1.54, 1.807) is 0 Å². The minimum absolute atomic E-state index is 0.0298. The minimum Gasteiger partial charge on any atom is -0.462 e. The Morgan fingerprint density at radius 1 is 0.492 bits per heavy atom. The highest BCUT2D eigenvalue weighted by molar-refractivity contribution is 5.77. The SMILES string of the molecule is CC/C=C/C=C/C=C\C=C/C=C/CCCC(=O)OC(CCCCCCC/C=C/C=C/C=C/CC)CC(=O)NC(CO)C(O)CCCCCCCCCCCCCCCCCC. The molecule has 0 radical (unpaired) electrons. The quantitative estimate of drug-likeness (QED) is 0.0323. The summed E-state index contributed by atoms with van der Waals surface area (Å²) in [7, 11) is 0. The van der Waals surface area contributed by atoms with Crippen LogP contribution in [-0.4, -0.2) is 46.9 Å². The highest BCUT2D eigenvalue weighted by Gasteiger charge is 2.24. The first kappa shape index (κ1) is 57.8. The van der Waals surface area contributed by atoms with Crippen LogP contribution in [0.25, 0.3) is 0 Å². The summed E-state index contributed by atoms with van der Waals surface area (Å²) in [6.45, 7) is 6.18. The normalized spacial score (nSPS) is 14.1. The third-order valence-corrected chi connectivity index (χ3v) is 10.8. The number of esters is 1. The van der Waals surface area contributed by atoms with Crippen LogP contribution in [0.3, 0.4) is 0 Å². The fraction of sp³-hybridized carbons (Fsp3) is 0.673. The van der Waals surface area contributed by atoms with Gasteiger partial charge in [-0.25, -0.2) is 0 Å². The summed E-state index contributed by atoms with van der Waals surface area (Å²) in [5.74, 6) is -0.590. The molecule has 0 spiro atoms. The molecule has 3 atom stereocenters. The predicted molar refractivity (Wildman–Crippen MR) is 264 cm³/mol. The van der Waals surface area contributed by atoms with E-state index < -0.39 is 18.2 Å². The van der Waals surface area contributed by atoms with Crippen molar-refractivity contribution < 1.29 is 24.5 Å². The van der Waals surface area contributed by atoms with Crippen molar-refractivity contribution in [1.29, 1.82) is 0 Å². The zero-order valence-electron chi connectivity index (χ0n) is 39.5. The number of carbonyl (C=O) groups excluding carboxylic acids is 2. The Hall–Kier alpha value is -3.22. The molecule has 0 aliphatic rings. The van der Waals surface area contributed by atoms with E-state index in [9.17, 15) is 19.8 Å². The number of carbonyl (C=O) groups is 2. The number of hydrogen-bond donors (Lipinski definition) is 3. The van der Waals surface area contributed by atoms with Gasteiger partial charge in [-0.3, -0.25) is 9.59 Å². The van der Waals surface area contributed by atoms with Crippen molar-refractivity contribution in [1.82, 2.24) is 5.32 Å². The van der Waals surface area contributed by atoms with Crippen molar-refractivity contribution in [2.75, 3.05) is 6.61 Å². The molecule has 0 bridgehead atoms. The Balaban J connectivity index is 4.67. The Bertz CT molecular complexity index is 1220. The molecule has 0 heterocycles. The van der Waals surface area contributed by atoms with Crippen LogP contribution in [0.5, 0.6) is 0 Å². The summed E-state index contributed by atoms with van der Waals surface area (Å²) >= 11 is 0. The van der Waals surface area contributed by atoms with Crippen molar-refractivity contribution in [2.24, 2.45) is 0 Å². The van der Waals surface area contributed by atoms with E-state index in [1.165, 1.54) is 83.5 Å². The van der Waals surface area contributed by atoms with E-state index in [0.29, 0.717) is 19.3 Å². The smallest absolute Gasteiger partial charge is 0.306 e. The molecule has 0 rings (SSSR count). The summed E-state index contributed by atoms with van der Waals surface area (Å²) in [6.07, 6.45) is 63.3. The van der Waals surface area contributed by atoms with Crippen LogP contribution >= 0.6 is 0 Å². The first-order chi connectivity index (χ1) is 30.0. The van der Waals surface area contributed by atoms with Crippen molar-refractivity contribution in [3.63, 3.8) is 0 Å². The number of allylic oxidation sites excluding steroid dienone is 16. The fourth-order valence-corrected chi connectivity index (χ4v) is 7.11. The Morgan fingerprint density at radius 3 is 1.34 bits per heavy atom. The highest BCUT2D eigenvalue weighted by atomic mass is 16.5. The zero-order valence-corrected chi connectivity index (χ0v) is 39.5. The molecule has 1 amide bonds. The van der Waals surface area contributed by atoms with Crippen molar-refractivity contribution in [3.8, 4) is 0 Å². The molecule has 0 aliphatic heterocycles. The van der Waals surface area contributed by atoms with Gasteiger partial charge in [-0.15, -0.1) is 0 Å². The molecular weight excluding hydrogens is 755 g/mol. The van der Waals surface area contributed by atoms with Crippen LogP contribution in [0.2, 0.25) is 0 Å². The number of aliphatic hydroxyl groups is 2. The maximum absolute atomic E-state index is 13.2. The summed E-state index contributed by atoms with van der Waals surface area (Å²) < 4.78 is 5.87. The van der Waals surface area contributed by atoms with Gasteiger partial charge in [-0.1, -0.05) is 240 Å². The number of aliphatic hydroxyl groups excluding tert-OH is 2. The second kappa shape index (κ2) is 47.8. The summed E-state index contributed by atoms with van der Waals surface area (Å²) in [6, 6.07) is -0.728. The van der Waals surface area contributed by atoms with Crippen molar-refractivity contribution in [3.05, 3.63) is 97.2 Å². The average molecular weight is 848 g/mol. The fourth-order valence-electron chi connectivity index (χ4n) is 7.11. The number of ether oxygens (including phenoxy) is 1. The molecule has 0 saturated carbocycles. The van der Waals surface area contributed by atoms with Gasteiger partial charge in [0, 0.05) is 6.42 Å². The molecule has 0 aliphatic carbocycles. The molecule has 0 aromatic carbocycles. The molecule has 6 heteroatoms. The molecule has 61 heavy (non-hydrogen) atoms. The maximum atomic E-state index is 13.2. The van der Waals surface area contributed by atoms with E-state index in [0.717, 1.165) is 77.0 Å². The maximum Gasteiger partial charge on any atom is 0.306 e. The lowest BCUT2D eigenvalue weighted by molar-refractivity contribution is -0.151. The number of nitrogens with one attached hydrogen (secondary N) is 1. The number of unbranched alkanes of at least 4 members (excludes halogenated alkanes) is 21. The first-order valence-corrected chi connectivity index (χ1v) is 25.1. The molecular formula is C55H93NO5. The van der Waals surface area contributed by atoms with Gasteiger partial charge < -0.3 is 20.3 Å². The molecule has 348 valence electrons. The largest absolute Gasteiger partial charge is 0.462 e. The second-order valence-corrected chi connectivity index (χ2v) is 16.6. The van der Waals surface area contributed by atoms with E-state index in [4.69, 9.17) is 4.74 Å². The van der Waals surface area contributed by atoms with Gasteiger partial charge in [0.05, 0.1) is 25.2 Å². The molecule has 0 fully saturated rings. The van der Waals surface area contributed by atoms with Gasteiger partial charge in [0.25, 0.3) is 0 Å². The lowest BCUT2D eigenvalue weighted by atomic mass is 10.0. The molecule has 0 saturated heterocycles. The van der Waals surface area contributed by atoms with E-state index in [2.05, 4.69) is 68.6 Å². The predicted octanol–water partition coefficient (Wildman–Crippen LogP) is 14.9. The van der Waals surface area contributed by atoms with Gasteiger partial charge >= 0.3 is 5.97 Å². The standard InChI is InChI=1S/C55H93NO5/c1-4-7-10-13-16-19-22-25-26-27-30-32-35-38-41-44-47-53(58)52(50-57)56-54(59)49-51(46-43-40-37-34-31-28-23-20-17-14-11-8-5-2)61-55(60)48-45-42-39-36-33-29-24-21-18-15-12-9-6-3/h8-9,11-12,14-15,17-18,20-21,23-24,29,33,36,39,51-53,57-58H,4-7,10,13,16,19,22,25-28,30-32,34-35,37-38,40-50H2,1-3H3,(H,56,59)/b11-8+,12-9+,17-14+,18-15+,23-20+,24-21-,33-29-,39-36+. The lowest BCUT2D eigenvalue weighted by Crippen LogP contribution is -2.46. The van der Waals surface area contributed by atoms with Crippen molar-refractivity contribution in [2.45, 2.75) is 232 Å². The van der Waals surface area contributed by atoms with E-state index in [-0.39, 0.29) is 31.3 Å². The summed E-state index contributed by atoms with van der Waals surface area (Å²) in [5.41, 5.74) is 0. The highest BCUT2D eigenvalue weighted by Crippen LogP contribution is 2.17. The first-order valence-electron chi connectivity index (χ1n) is 25.1.